The first kappa shape index (κ1) is 16.2. The van der Waals surface area contributed by atoms with E-state index in [1.54, 1.807) is 9.47 Å². The van der Waals surface area contributed by atoms with E-state index < -0.39 is 0 Å². The average Bonchev–Trinajstić information content (AvgIpc) is 2.93. The Hall–Kier alpha value is -0.850. The molecule has 7 heteroatoms. The average molecular weight is 306 g/mol. The lowest BCUT2D eigenvalue weighted by atomic mass is 10.2. The molecule has 0 aliphatic carbocycles. The van der Waals surface area contributed by atoms with E-state index in [1.807, 2.05) is 20.9 Å². The summed E-state index contributed by atoms with van der Waals surface area (Å²) in [5.74, 6) is 0.00620. The predicted molar refractivity (Wildman–Crippen MR) is 79.3 cm³/mol. The van der Waals surface area contributed by atoms with Crippen molar-refractivity contribution in [3.8, 4) is 0 Å². The molecule has 0 saturated carbocycles. The summed E-state index contributed by atoms with van der Waals surface area (Å²) in [5.41, 5.74) is 0.899. The smallest absolute Gasteiger partial charge is 0.308 e. The molecule has 0 aromatic carbocycles. The maximum Gasteiger partial charge on any atom is 0.308 e. The molecule has 0 radical (unpaired) electrons. The largest absolute Gasteiger partial charge is 0.340 e. The van der Waals surface area contributed by atoms with Crippen LogP contribution in [0.25, 0.3) is 0 Å². The highest BCUT2D eigenvalue weighted by Crippen LogP contribution is 2.11. The first-order chi connectivity index (χ1) is 8.50. The Kier molecular flexibility index (Phi) is 5.58. The van der Waals surface area contributed by atoms with Crippen molar-refractivity contribution in [2.75, 3.05) is 20.1 Å². The quantitative estimate of drug-likeness (QED) is 0.897. The molecule has 1 saturated heterocycles. The molecule has 0 bridgehead atoms. The van der Waals surface area contributed by atoms with Crippen LogP contribution >= 0.6 is 23.7 Å². The summed E-state index contributed by atoms with van der Waals surface area (Å²) < 4.78 is 1.57. The molecule has 1 fully saturated rings. The maximum atomic E-state index is 12.2. The van der Waals surface area contributed by atoms with E-state index in [9.17, 15) is 9.59 Å². The number of aromatic nitrogens is 1. The number of carbonyl (C=O) groups is 1. The molecule has 1 atom stereocenters. The Morgan fingerprint density at radius 1 is 1.53 bits per heavy atom. The van der Waals surface area contributed by atoms with Crippen LogP contribution in [0.5, 0.6) is 0 Å². The topological polar surface area (TPSA) is 54.3 Å². The number of amides is 1. The molecule has 1 N–H and O–H groups in total. The van der Waals surface area contributed by atoms with E-state index >= 15 is 0 Å². The van der Waals surface area contributed by atoms with E-state index in [2.05, 4.69) is 5.32 Å². The Morgan fingerprint density at radius 2 is 2.21 bits per heavy atom. The van der Waals surface area contributed by atoms with E-state index in [-0.39, 0.29) is 35.8 Å². The van der Waals surface area contributed by atoms with Crippen LogP contribution in [0.1, 0.15) is 17.0 Å². The lowest BCUT2D eigenvalue weighted by Crippen LogP contribution is -2.41. The summed E-state index contributed by atoms with van der Waals surface area (Å²) in [6, 6.07) is 0.258. The van der Waals surface area contributed by atoms with Gasteiger partial charge in [-0.25, -0.2) is 0 Å². The molecule has 1 aromatic rings. The summed E-state index contributed by atoms with van der Waals surface area (Å²) in [6.45, 7) is 5.75. The van der Waals surface area contributed by atoms with Gasteiger partial charge in [-0.2, -0.15) is 0 Å². The molecule has 19 heavy (non-hydrogen) atoms. The molecule has 108 valence electrons. The highest BCUT2D eigenvalue weighted by molar-refractivity contribution is 7.09. The standard InChI is InChI=1S/C12H19N3O2S.ClH/c1-8-9(2)18-12(17)15(8)7-11(16)14(3)10-4-5-13-6-10;/h10,13H,4-7H2,1-3H3;1H. The van der Waals surface area contributed by atoms with Crippen LogP contribution in [0.15, 0.2) is 4.79 Å². The highest BCUT2D eigenvalue weighted by Gasteiger charge is 2.24. The SMILES string of the molecule is Cc1sc(=O)n(CC(=O)N(C)C2CCNC2)c1C.Cl. The van der Waals surface area contributed by atoms with Crippen molar-refractivity contribution in [2.24, 2.45) is 0 Å². The van der Waals surface area contributed by atoms with Crippen LogP contribution in [-0.2, 0) is 11.3 Å². The van der Waals surface area contributed by atoms with Crippen molar-refractivity contribution in [1.82, 2.24) is 14.8 Å². The zero-order valence-corrected chi connectivity index (χ0v) is 13.1. The fraction of sp³-hybridized carbons (Fsp3) is 0.667. The number of carbonyl (C=O) groups excluding carboxylic acids is 1. The summed E-state index contributed by atoms with van der Waals surface area (Å²) in [6.07, 6.45) is 0.985. The number of thiazole rings is 1. The Morgan fingerprint density at radius 3 is 2.68 bits per heavy atom. The van der Waals surface area contributed by atoms with Crippen molar-refractivity contribution >= 4 is 29.7 Å². The molecular weight excluding hydrogens is 286 g/mol. The number of likely N-dealkylation sites (N-methyl/N-ethyl adjacent to an activating group) is 1. The van der Waals surface area contributed by atoms with Crippen molar-refractivity contribution < 1.29 is 4.79 Å². The van der Waals surface area contributed by atoms with Gasteiger partial charge in [0.15, 0.2) is 0 Å². The molecule has 1 unspecified atom stereocenters. The van der Waals surface area contributed by atoms with Crippen molar-refractivity contribution in [3.05, 3.63) is 20.2 Å². The summed E-state index contributed by atoms with van der Waals surface area (Å²) in [5, 5.41) is 3.24. The summed E-state index contributed by atoms with van der Waals surface area (Å²) >= 11 is 1.21. The zero-order valence-electron chi connectivity index (χ0n) is 11.4. The monoisotopic (exact) mass is 305 g/mol. The predicted octanol–water partition coefficient (Wildman–Crippen LogP) is 0.769. The molecule has 1 amide bonds. The molecule has 2 heterocycles. The molecule has 1 aliphatic heterocycles. The first-order valence-corrected chi connectivity index (χ1v) is 6.95. The van der Waals surface area contributed by atoms with Gasteiger partial charge in [-0.1, -0.05) is 11.3 Å². The van der Waals surface area contributed by atoms with Crippen LogP contribution in [0.4, 0.5) is 0 Å². The van der Waals surface area contributed by atoms with Crippen molar-refractivity contribution in [2.45, 2.75) is 32.9 Å². The second-order valence-corrected chi connectivity index (χ2v) is 5.91. The van der Waals surface area contributed by atoms with E-state index in [0.29, 0.717) is 0 Å². The lowest BCUT2D eigenvalue weighted by Gasteiger charge is -2.24. The van der Waals surface area contributed by atoms with E-state index in [4.69, 9.17) is 0 Å². The van der Waals surface area contributed by atoms with E-state index in [1.165, 1.54) is 11.3 Å². The fourth-order valence-electron chi connectivity index (χ4n) is 2.19. The number of aryl methyl sites for hydroxylation is 1. The molecule has 1 aromatic heterocycles. The highest BCUT2D eigenvalue weighted by atomic mass is 35.5. The third-order valence-corrected chi connectivity index (χ3v) is 4.64. The van der Waals surface area contributed by atoms with Crippen LogP contribution in [0, 0.1) is 13.8 Å². The van der Waals surface area contributed by atoms with Crippen molar-refractivity contribution in [3.63, 3.8) is 0 Å². The number of nitrogens with one attached hydrogen (secondary N) is 1. The van der Waals surface area contributed by atoms with Gasteiger partial charge >= 0.3 is 4.87 Å². The molecule has 1 aliphatic rings. The van der Waals surface area contributed by atoms with Gasteiger partial charge in [0.05, 0.1) is 0 Å². The number of rotatable bonds is 3. The van der Waals surface area contributed by atoms with Crippen LogP contribution in [-0.4, -0.2) is 41.6 Å². The number of nitrogens with zero attached hydrogens (tertiary/aromatic N) is 2. The Labute approximate surface area is 123 Å². The third-order valence-electron chi connectivity index (χ3n) is 3.64. The fourth-order valence-corrected chi connectivity index (χ4v) is 3.02. The second kappa shape index (κ2) is 6.54. The van der Waals surface area contributed by atoms with Gasteiger partial charge < -0.3 is 10.2 Å². The van der Waals surface area contributed by atoms with Crippen LogP contribution in [0.2, 0.25) is 0 Å². The molecule has 5 nitrogen and oxygen atoms in total. The minimum Gasteiger partial charge on any atom is -0.340 e. The van der Waals surface area contributed by atoms with Gasteiger partial charge in [0.2, 0.25) is 5.91 Å². The minimum atomic E-state index is -0.0451. The summed E-state index contributed by atoms with van der Waals surface area (Å²) in [4.78, 5) is 26.6. The summed E-state index contributed by atoms with van der Waals surface area (Å²) in [7, 11) is 1.82. The van der Waals surface area contributed by atoms with Crippen LogP contribution < -0.4 is 10.2 Å². The first-order valence-electron chi connectivity index (χ1n) is 6.14. The minimum absolute atomic E-state index is 0. The van der Waals surface area contributed by atoms with E-state index in [0.717, 1.165) is 30.1 Å². The van der Waals surface area contributed by atoms with Crippen LogP contribution in [0.3, 0.4) is 0 Å². The third kappa shape index (κ3) is 3.38. The normalized spacial score (nSPS) is 18.2. The van der Waals surface area contributed by atoms with Crippen molar-refractivity contribution in [1.29, 1.82) is 0 Å². The Balaban J connectivity index is 0.00000180. The number of halogens is 1. The Bertz CT molecular complexity index is 506. The van der Waals surface area contributed by atoms with Gasteiger partial charge in [0, 0.05) is 30.2 Å². The number of hydrogen-bond acceptors (Lipinski definition) is 4. The lowest BCUT2D eigenvalue weighted by molar-refractivity contribution is -0.132. The van der Waals surface area contributed by atoms with Gasteiger partial charge in [-0.05, 0) is 26.8 Å². The number of hydrogen-bond donors (Lipinski definition) is 1. The zero-order chi connectivity index (χ0) is 13.3. The maximum absolute atomic E-state index is 12.2. The molecule has 0 spiro atoms. The van der Waals surface area contributed by atoms with Gasteiger partial charge in [0.1, 0.15) is 6.54 Å². The molecule has 2 rings (SSSR count). The van der Waals surface area contributed by atoms with Gasteiger partial charge in [-0.15, -0.1) is 12.4 Å². The van der Waals surface area contributed by atoms with Gasteiger partial charge in [0.25, 0.3) is 0 Å². The molecular formula is C12H20ClN3O2S. The second-order valence-electron chi connectivity index (χ2n) is 4.75. The van der Waals surface area contributed by atoms with Gasteiger partial charge in [-0.3, -0.25) is 14.2 Å².